The molecule has 0 unspecified atom stereocenters. The molecule has 1 fully saturated rings. The minimum Gasteiger partial charge on any atom is -0.347 e. The molecular weight excluding hydrogens is 346 g/mol. The largest absolute Gasteiger partial charge is 0.347 e. The summed E-state index contributed by atoms with van der Waals surface area (Å²) in [5, 5.41) is 0.462. The molecule has 0 radical (unpaired) electrons. The fourth-order valence-electron chi connectivity index (χ4n) is 3.43. The maximum atomic E-state index is 12.6. The molecule has 2 N–H and O–H groups in total. The number of fused-ring (bicyclic) bond motifs is 1. The standard InChI is InChI=1S/C18H21N7O2/c1-24(2)18-21-9-12-14(23-18)8-13(22-16(12)26)11-4-3-7-25(10-11)17(27)15-19-5-6-20-15/h5-6,8-9,11H,3-4,7,10H2,1-2H3,(H,19,20)(H,22,26)/t11-/m1/s1. The van der Waals surface area contributed by atoms with E-state index < -0.39 is 0 Å². The summed E-state index contributed by atoms with van der Waals surface area (Å²) in [6.07, 6.45) is 6.52. The number of nitrogens with one attached hydrogen (secondary N) is 2. The molecule has 9 nitrogen and oxygen atoms in total. The van der Waals surface area contributed by atoms with Gasteiger partial charge in [0.2, 0.25) is 5.95 Å². The van der Waals surface area contributed by atoms with Gasteiger partial charge in [0, 0.05) is 57.4 Å². The first-order valence-corrected chi connectivity index (χ1v) is 8.89. The van der Waals surface area contributed by atoms with Gasteiger partial charge in [-0.3, -0.25) is 9.59 Å². The lowest BCUT2D eigenvalue weighted by Gasteiger charge is -2.32. The number of nitrogens with zero attached hydrogens (tertiary/aromatic N) is 5. The molecule has 1 amide bonds. The van der Waals surface area contributed by atoms with Crippen molar-refractivity contribution in [1.82, 2.24) is 29.8 Å². The Balaban J connectivity index is 1.64. The predicted molar refractivity (Wildman–Crippen MR) is 101 cm³/mol. The normalized spacial score (nSPS) is 17.3. The zero-order valence-electron chi connectivity index (χ0n) is 15.3. The number of H-pyrrole nitrogens is 2. The van der Waals surface area contributed by atoms with Crippen LogP contribution in [0.5, 0.6) is 0 Å². The quantitative estimate of drug-likeness (QED) is 0.718. The van der Waals surface area contributed by atoms with Crippen molar-refractivity contribution in [2.75, 3.05) is 32.1 Å². The average Bonchev–Trinajstić information content (AvgIpc) is 3.21. The lowest BCUT2D eigenvalue weighted by Crippen LogP contribution is -2.40. The second kappa shape index (κ2) is 6.82. The summed E-state index contributed by atoms with van der Waals surface area (Å²) < 4.78 is 0. The summed E-state index contributed by atoms with van der Waals surface area (Å²) >= 11 is 0. The molecule has 4 heterocycles. The second-order valence-electron chi connectivity index (χ2n) is 6.95. The molecule has 140 valence electrons. The third-order valence-corrected chi connectivity index (χ3v) is 4.85. The van der Waals surface area contributed by atoms with Crippen molar-refractivity contribution >= 4 is 22.8 Å². The van der Waals surface area contributed by atoms with Gasteiger partial charge in [-0.1, -0.05) is 0 Å². The summed E-state index contributed by atoms with van der Waals surface area (Å²) in [6.45, 7) is 1.22. The Bertz CT molecular complexity index is 1030. The summed E-state index contributed by atoms with van der Waals surface area (Å²) in [6, 6.07) is 1.90. The molecular formula is C18H21N7O2. The van der Waals surface area contributed by atoms with Crippen molar-refractivity contribution in [3.63, 3.8) is 0 Å². The van der Waals surface area contributed by atoms with E-state index in [1.807, 2.05) is 20.2 Å². The minimum absolute atomic E-state index is 0.0486. The zero-order valence-corrected chi connectivity index (χ0v) is 15.3. The Kier molecular flexibility index (Phi) is 4.35. The molecule has 3 aromatic heterocycles. The van der Waals surface area contributed by atoms with Crippen LogP contribution >= 0.6 is 0 Å². The number of imidazole rings is 1. The summed E-state index contributed by atoms with van der Waals surface area (Å²) in [7, 11) is 3.71. The third kappa shape index (κ3) is 3.27. The number of likely N-dealkylation sites (tertiary alicyclic amines) is 1. The molecule has 9 heteroatoms. The van der Waals surface area contributed by atoms with Crippen LogP contribution in [0.1, 0.15) is 35.1 Å². The van der Waals surface area contributed by atoms with Crippen molar-refractivity contribution in [2.45, 2.75) is 18.8 Å². The Morgan fingerprint density at radius 1 is 1.33 bits per heavy atom. The zero-order chi connectivity index (χ0) is 19.0. The van der Waals surface area contributed by atoms with Crippen LogP contribution in [0.3, 0.4) is 0 Å². The van der Waals surface area contributed by atoms with Crippen molar-refractivity contribution in [3.05, 3.63) is 46.5 Å². The highest BCUT2D eigenvalue weighted by atomic mass is 16.2. The number of aromatic amines is 2. The van der Waals surface area contributed by atoms with Gasteiger partial charge in [0.25, 0.3) is 11.5 Å². The van der Waals surface area contributed by atoms with Crippen LogP contribution in [0.25, 0.3) is 10.9 Å². The number of piperidine rings is 1. The number of aromatic nitrogens is 5. The fourth-order valence-corrected chi connectivity index (χ4v) is 3.43. The summed E-state index contributed by atoms with van der Waals surface area (Å²) in [5.74, 6) is 0.820. The molecule has 0 bridgehead atoms. The van der Waals surface area contributed by atoms with Crippen molar-refractivity contribution in [3.8, 4) is 0 Å². The van der Waals surface area contributed by atoms with Gasteiger partial charge in [0.05, 0.1) is 10.9 Å². The number of rotatable bonds is 3. The molecule has 1 atom stereocenters. The smallest absolute Gasteiger partial charge is 0.289 e. The molecule has 27 heavy (non-hydrogen) atoms. The SMILES string of the molecule is CN(C)c1ncc2c(=O)[nH]c([C@@H]3CCCN(C(=O)c4ncc[nH]4)C3)cc2n1. The first-order valence-electron chi connectivity index (χ1n) is 8.89. The number of amides is 1. The number of hydrogen-bond donors (Lipinski definition) is 2. The van der Waals surface area contributed by atoms with Crippen LogP contribution in [0.4, 0.5) is 5.95 Å². The van der Waals surface area contributed by atoms with E-state index >= 15 is 0 Å². The van der Waals surface area contributed by atoms with Crippen molar-refractivity contribution in [2.24, 2.45) is 0 Å². The number of anilines is 1. The van der Waals surface area contributed by atoms with Crippen LogP contribution in [-0.4, -0.2) is 62.9 Å². The molecule has 0 aliphatic carbocycles. The number of carbonyl (C=O) groups is 1. The number of hydrogen-bond acceptors (Lipinski definition) is 6. The average molecular weight is 367 g/mol. The molecule has 1 aliphatic rings. The third-order valence-electron chi connectivity index (χ3n) is 4.85. The predicted octanol–water partition coefficient (Wildman–Crippen LogP) is 1.13. The van der Waals surface area contributed by atoms with E-state index in [1.165, 1.54) is 0 Å². The molecule has 0 spiro atoms. The first-order chi connectivity index (χ1) is 13.0. The van der Waals surface area contributed by atoms with E-state index in [0.29, 0.717) is 35.8 Å². The Labute approximate surface area is 155 Å². The van der Waals surface area contributed by atoms with E-state index in [1.54, 1.807) is 28.4 Å². The maximum Gasteiger partial charge on any atom is 0.289 e. The van der Waals surface area contributed by atoms with Crippen molar-refractivity contribution < 1.29 is 4.79 Å². The van der Waals surface area contributed by atoms with Crippen molar-refractivity contribution in [1.29, 1.82) is 0 Å². The molecule has 0 saturated carbocycles. The Hall–Kier alpha value is -3.23. The van der Waals surface area contributed by atoms with Gasteiger partial charge >= 0.3 is 0 Å². The lowest BCUT2D eigenvalue weighted by atomic mass is 9.94. The summed E-state index contributed by atoms with van der Waals surface area (Å²) in [4.78, 5) is 47.2. The topological polar surface area (TPSA) is 111 Å². The van der Waals surface area contributed by atoms with E-state index in [9.17, 15) is 9.59 Å². The van der Waals surface area contributed by atoms with Gasteiger partial charge in [0.15, 0.2) is 5.82 Å². The van der Waals surface area contributed by atoms with Gasteiger partial charge in [0.1, 0.15) is 0 Å². The Morgan fingerprint density at radius 3 is 2.93 bits per heavy atom. The lowest BCUT2D eigenvalue weighted by molar-refractivity contribution is 0.0694. The number of carbonyl (C=O) groups excluding carboxylic acids is 1. The molecule has 3 aromatic rings. The highest BCUT2D eigenvalue weighted by Gasteiger charge is 2.27. The van der Waals surface area contributed by atoms with E-state index in [0.717, 1.165) is 18.5 Å². The first kappa shape index (κ1) is 17.2. The molecule has 4 rings (SSSR count). The minimum atomic E-state index is -0.206. The Morgan fingerprint density at radius 2 is 2.19 bits per heavy atom. The molecule has 1 aliphatic heterocycles. The van der Waals surface area contributed by atoms with Gasteiger partial charge in [-0.15, -0.1) is 0 Å². The monoisotopic (exact) mass is 367 g/mol. The highest BCUT2D eigenvalue weighted by Crippen LogP contribution is 2.27. The van der Waals surface area contributed by atoms with Gasteiger partial charge in [-0.25, -0.2) is 15.0 Å². The van der Waals surface area contributed by atoms with Gasteiger partial charge in [-0.05, 0) is 18.9 Å². The number of pyridine rings is 1. The highest BCUT2D eigenvalue weighted by molar-refractivity contribution is 5.90. The van der Waals surface area contributed by atoms with Crippen LogP contribution in [-0.2, 0) is 0 Å². The van der Waals surface area contributed by atoms with Gasteiger partial charge in [-0.2, -0.15) is 0 Å². The maximum absolute atomic E-state index is 12.6. The molecule has 1 saturated heterocycles. The van der Waals surface area contributed by atoms with Crippen LogP contribution in [0.2, 0.25) is 0 Å². The van der Waals surface area contributed by atoms with Crippen LogP contribution in [0, 0.1) is 0 Å². The second-order valence-corrected chi connectivity index (χ2v) is 6.95. The van der Waals surface area contributed by atoms with Crippen LogP contribution < -0.4 is 10.5 Å². The molecule has 0 aromatic carbocycles. The van der Waals surface area contributed by atoms with E-state index in [4.69, 9.17) is 0 Å². The van der Waals surface area contributed by atoms with Gasteiger partial charge < -0.3 is 19.8 Å². The van der Waals surface area contributed by atoms with Crippen LogP contribution in [0.15, 0.2) is 29.5 Å². The summed E-state index contributed by atoms with van der Waals surface area (Å²) in [5.41, 5.74) is 1.21. The fraction of sp³-hybridized carbons (Fsp3) is 0.389. The van der Waals surface area contributed by atoms with E-state index in [2.05, 4.69) is 24.9 Å². The van der Waals surface area contributed by atoms with E-state index in [-0.39, 0.29) is 17.4 Å².